The van der Waals surface area contributed by atoms with E-state index in [1.165, 1.54) is 0 Å². The molecule has 17 heavy (non-hydrogen) atoms. The second-order valence-corrected chi connectivity index (χ2v) is 4.04. The lowest BCUT2D eigenvalue weighted by molar-refractivity contribution is 0.0696. The first-order valence-corrected chi connectivity index (χ1v) is 5.30. The maximum absolute atomic E-state index is 11.0. The Bertz CT molecular complexity index is 566. The van der Waals surface area contributed by atoms with Crippen LogP contribution in [0.1, 0.15) is 33.4 Å². The highest BCUT2D eigenvalue weighted by molar-refractivity contribution is 5.89. The first-order valence-electron chi connectivity index (χ1n) is 5.30. The number of hydrogen-bond acceptors (Lipinski definition) is 3. The fourth-order valence-electron chi connectivity index (χ4n) is 1.87. The first-order chi connectivity index (χ1) is 7.99. The Morgan fingerprint density at radius 2 is 2.18 bits per heavy atom. The average Bonchev–Trinajstić information content (AvgIpc) is 2.77. The van der Waals surface area contributed by atoms with E-state index in [1.54, 1.807) is 19.2 Å². The van der Waals surface area contributed by atoms with Crippen LogP contribution in [0.4, 0.5) is 0 Å². The zero-order valence-corrected chi connectivity index (χ0v) is 10.0. The van der Waals surface area contributed by atoms with E-state index in [4.69, 9.17) is 9.52 Å². The Morgan fingerprint density at radius 1 is 1.47 bits per heavy atom. The van der Waals surface area contributed by atoms with Gasteiger partial charge in [-0.15, -0.1) is 0 Å². The standard InChI is InChI=1S/C12H14N2O3/c1-7-4-10(12(15)16)9(3)14(7)6-11-13-5-8(2)17-11/h4-5H,6H2,1-3H3,(H,15,16). The lowest BCUT2D eigenvalue weighted by Crippen LogP contribution is -2.06. The number of carboxylic acids is 1. The number of aromatic carboxylic acids is 1. The van der Waals surface area contributed by atoms with Gasteiger partial charge in [0.1, 0.15) is 5.76 Å². The van der Waals surface area contributed by atoms with Crippen molar-refractivity contribution >= 4 is 5.97 Å². The first kappa shape index (κ1) is 11.4. The van der Waals surface area contributed by atoms with Gasteiger partial charge in [-0.25, -0.2) is 9.78 Å². The van der Waals surface area contributed by atoms with Crippen LogP contribution in [-0.2, 0) is 6.54 Å². The molecule has 5 heteroatoms. The van der Waals surface area contributed by atoms with Crippen molar-refractivity contribution in [2.45, 2.75) is 27.3 Å². The van der Waals surface area contributed by atoms with Gasteiger partial charge in [-0.1, -0.05) is 0 Å². The summed E-state index contributed by atoms with van der Waals surface area (Å²) in [4.78, 5) is 15.1. The molecule has 0 aliphatic rings. The lowest BCUT2D eigenvalue weighted by atomic mass is 10.2. The number of aryl methyl sites for hydroxylation is 2. The number of aromatic nitrogens is 2. The normalized spacial score (nSPS) is 10.8. The van der Waals surface area contributed by atoms with Crippen molar-refractivity contribution in [1.29, 1.82) is 0 Å². The van der Waals surface area contributed by atoms with Crippen LogP contribution < -0.4 is 0 Å². The molecule has 0 aromatic carbocycles. The predicted octanol–water partition coefficient (Wildman–Crippen LogP) is 2.15. The Balaban J connectivity index is 2.36. The van der Waals surface area contributed by atoms with Crippen LogP contribution in [0.15, 0.2) is 16.7 Å². The minimum atomic E-state index is -0.909. The van der Waals surface area contributed by atoms with Crippen LogP contribution in [-0.4, -0.2) is 20.6 Å². The summed E-state index contributed by atoms with van der Waals surface area (Å²) in [5.74, 6) is 0.426. The van der Waals surface area contributed by atoms with Gasteiger partial charge in [-0.3, -0.25) is 0 Å². The molecule has 90 valence electrons. The van der Waals surface area contributed by atoms with Gasteiger partial charge in [-0.05, 0) is 26.8 Å². The molecule has 0 radical (unpaired) electrons. The van der Waals surface area contributed by atoms with Crippen LogP contribution >= 0.6 is 0 Å². The SMILES string of the molecule is Cc1cnc(Cn2c(C)cc(C(=O)O)c2C)o1. The number of carboxylic acid groups (broad SMARTS) is 1. The summed E-state index contributed by atoms with van der Waals surface area (Å²) in [5.41, 5.74) is 1.92. The van der Waals surface area contributed by atoms with Crippen LogP contribution in [0.2, 0.25) is 0 Å². The van der Waals surface area contributed by atoms with Gasteiger partial charge < -0.3 is 14.1 Å². The van der Waals surface area contributed by atoms with Gasteiger partial charge in [0.15, 0.2) is 0 Å². The third kappa shape index (κ3) is 2.08. The van der Waals surface area contributed by atoms with Gasteiger partial charge >= 0.3 is 5.97 Å². The summed E-state index contributed by atoms with van der Waals surface area (Å²) in [7, 11) is 0. The van der Waals surface area contributed by atoms with Crippen molar-refractivity contribution in [1.82, 2.24) is 9.55 Å². The molecule has 5 nitrogen and oxygen atoms in total. The fourth-order valence-corrected chi connectivity index (χ4v) is 1.87. The zero-order chi connectivity index (χ0) is 12.6. The van der Waals surface area contributed by atoms with E-state index in [9.17, 15) is 4.79 Å². The molecule has 0 atom stereocenters. The molecular weight excluding hydrogens is 220 g/mol. The Kier molecular flexibility index (Phi) is 2.75. The van der Waals surface area contributed by atoms with Crippen LogP contribution in [0.5, 0.6) is 0 Å². The summed E-state index contributed by atoms with van der Waals surface area (Å²) in [6.07, 6.45) is 1.65. The number of carbonyl (C=O) groups is 1. The third-order valence-electron chi connectivity index (χ3n) is 2.77. The molecule has 0 saturated carbocycles. The summed E-state index contributed by atoms with van der Waals surface area (Å²) in [6.45, 7) is 5.94. The maximum Gasteiger partial charge on any atom is 0.337 e. The van der Waals surface area contributed by atoms with Gasteiger partial charge in [0.2, 0.25) is 5.89 Å². The molecule has 2 heterocycles. The van der Waals surface area contributed by atoms with E-state index in [0.717, 1.165) is 11.5 Å². The van der Waals surface area contributed by atoms with E-state index in [0.29, 0.717) is 23.7 Å². The van der Waals surface area contributed by atoms with Crippen LogP contribution in [0.3, 0.4) is 0 Å². The molecule has 0 aliphatic carbocycles. The smallest absolute Gasteiger partial charge is 0.337 e. The molecular formula is C12H14N2O3. The Hall–Kier alpha value is -2.04. The largest absolute Gasteiger partial charge is 0.478 e. The predicted molar refractivity (Wildman–Crippen MR) is 61.2 cm³/mol. The number of rotatable bonds is 3. The third-order valence-corrected chi connectivity index (χ3v) is 2.77. The van der Waals surface area contributed by atoms with E-state index < -0.39 is 5.97 Å². The summed E-state index contributed by atoms with van der Waals surface area (Å²) in [5, 5.41) is 9.02. The molecule has 0 amide bonds. The van der Waals surface area contributed by atoms with Crippen molar-refractivity contribution in [2.75, 3.05) is 0 Å². The summed E-state index contributed by atoms with van der Waals surface area (Å²) >= 11 is 0. The quantitative estimate of drug-likeness (QED) is 0.883. The molecule has 2 aromatic heterocycles. The molecule has 0 saturated heterocycles. The number of nitrogens with zero attached hydrogens (tertiary/aromatic N) is 2. The minimum Gasteiger partial charge on any atom is -0.478 e. The van der Waals surface area contributed by atoms with E-state index in [-0.39, 0.29) is 0 Å². The van der Waals surface area contributed by atoms with Gasteiger partial charge in [0.05, 0.1) is 18.3 Å². The highest BCUT2D eigenvalue weighted by Gasteiger charge is 2.15. The molecule has 2 aromatic rings. The Morgan fingerprint density at radius 3 is 2.65 bits per heavy atom. The van der Waals surface area contributed by atoms with Crippen LogP contribution in [0, 0.1) is 20.8 Å². The van der Waals surface area contributed by atoms with Crippen molar-refractivity contribution in [3.05, 3.63) is 40.9 Å². The van der Waals surface area contributed by atoms with Crippen LogP contribution in [0.25, 0.3) is 0 Å². The molecule has 2 rings (SSSR count). The Labute approximate surface area is 98.7 Å². The van der Waals surface area contributed by atoms with Gasteiger partial charge in [0, 0.05) is 11.4 Å². The van der Waals surface area contributed by atoms with Crippen molar-refractivity contribution in [3.63, 3.8) is 0 Å². The average molecular weight is 234 g/mol. The highest BCUT2D eigenvalue weighted by Crippen LogP contribution is 2.17. The van der Waals surface area contributed by atoms with E-state index >= 15 is 0 Å². The van der Waals surface area contributed by atoms with Crippen molar-refractivity contribution in [2.24, 2.45) is 0 Å². The van der Waals surface area contributed by atoms with Gasteiger partial charge in [-0.2, -0.15) is 0 Å². The number of oxazole rings is 1. The van der Waals surface area contributed by atoms with E-state index in [1.807, 2.05) is 18.4 Å². The molecule has 0 aliphatic heterocycles. The number of hydrogen-bond donors (Lipinski definition) is 1. The fraction of sp³-hybridized carbons (Fsp3) is 0.333. The van der Waals surface area contributed by atoms with E-state index in [2.05, 4.69) is 4.98 Å². The molecule has 0 bridgehead atoms. The molecule has 0 spiro atoms. The maximum atomic E-state index is 11.0. The summed E-state index contributed by atoms with van der Waals surface area (Å²) in [6, 6.07) is 1.66. The topological polar surface area (TPSA) is 68.3 Å². The van der Waals surface area contributed by atoms with Crippen molar-refractivity contribution < 1.29 is 14.3 Å². The van der Waals surface area contributed by atoms with Crippen molar-refractivity contribution in [3.8, 4) is 0 Å². The zero-order valence-electron chi connectivity index (χ0n) is 10.0. The lowest BCUT2D eigenvalue weighted by Gasteiger charge is -2.06. The highest BCUT2D eigenvalue weighted by atomic mass is 16.4. The van der Waals surface area contributed by atoms with Gasteiger partial charge in [0.25, 0.3) is 0 Å². The minimum absolute atomic E-state index is 0.325. The molecule has 1 N–H and O–H groups in total. The molecule has 0 unspecified atom stereocenters. The second-order valence-electron chi connectivity index (χ2n) is 4.04. The summed E-state index contributed by atoms with van der Waals surface area (Å²) < 4.78 is 7.27. The monoisotopic (exact) mass is 234 g/mol. The molecule has 0 fully saturated rings. The second kappa shape index (κ2) is 4.08.